The Bertz CT molecular complexity index is 1080. The van der Waals surface area contributed by atoms with Crippen molar-refractivity contribution in [3.63, 3.8) is 0 Å². The number of nitrogens with one attached hydrogen (secondary N) is 1. The van der Waals surface area contributed by atoms with Crippen molar-refractivity contribution in [1.82, 2.24) is 19.8 Å². The molecule has 1 N–H and O–H groups in total. The van der Waals surface area contributed by atoms with Crippen molar-refractivity contribution in [3.05, 3.63) is 72.5 Å². The first kappa shape index (κ1) is 17.2. The Morgan fingerprint density at radius 1 is 1.00 bits per heavy atom. The topological polar surface area (TPSA) is 72.2 Å². The first-order valence-corrected chi connectivity index (χ1v) is 9.14. The van der Waals surface area contributed by atoms with Crippen LogP contribution in [0.1, 0.15) is 0 Å². The first-order valence-electron chi connectivity index (χ1n) is 8.15. The molecule has 0 aliphatic carbocycles. The zero-order valence-corrected chi connectivity index (χ0v) is 14.9. The Balaban J connectivity index is 1.50. The molecular formula is C19H14FN5OS. The second-order valence-corrected chi connectivity index (χ2v) is 6.67. The van der Waals surface area contributed by atoms with Crippen LogP contribution in [0.5, 0.6) is 0 Å². The molecule has 0 radical (unpaired) electrons. The number of amides is 1. The largest absolute Gasteiger partial charge is 0.325 e. The summed E-state index contributed by atoms with van der Waals surface area (Å²) in [5.74, 6) is 0.305. The van der Waals surface area contributed by atoms with Crippen LogP contribution in [0, 0.1) is 5.82 Å². The van der Waals surface area contributed by atoms with E-state index in [1.54, 1.807) is 28.8 Å². The molecular weight excluding hydrogens is 365 g/mol. The normalized spacial score (nSPS) is 10.9. The molecule has 4 rings (SSSR count). The van der Waals surface area contributed by atoms with Gasteiger partial charge in [0.2, 0.25) is 5.91 Å². The number of carbonyl (C=O) groups is 1. The van der Waals surface area contributed by atoms with Gasteiger partial charge in [0, 0.05) is 11.3 Å². The monoisotopic (exact) mass is 379 g/mol. The molecule has 4 aromatic rings. The van der Waals surface area contributed by atoms with Gasteiger partial charge in [-0.15, -0.1) is 10.2 Å². The highest BCUT2D eigenvalue weighted by molar-refractivity contribution is 7.99. The minimum absolute atomic E-state index is 0.115. The van der Waals surface area contributed by atoms with Crippen LogP contribution < -0.4 is 5.32 Å². The van der Waals surface area contributed by atoms with E-state index in [2.05, 4.69) is 20.6 Å². The van der Waals surface area contributed by atoms with Gasteiger partial charge in [0.05, 0.1) is 5.75 Å². The predicted octanol–water partition coefficient (Wildman–Crippen LogP) is 3.66. The first-order chi connectivity index (χ1) is 13.2. The standard InChI is InChI=1S/C19H14FN5OS/c20-14-8-6-13(7-9-14)19-23-22-16-10-11-18(24-25(16)19)27-12-17(26)21-15-4-2-1-3-5-15/h1-11H,12H2,(H,21,26). The van der Waals surface area contributed by atoms with Gasteiger partial charge in [-0.05, 0) is 48.5 Å². The summed E-state index contributed by atoms with van der Waals surface area (Å²) < 4.78 is 14.7. The molecule has 8 heteroatoms. The second-order valence-electron chi connectivity index (χ2n) is 5.67. The lowest BCUT2D eigenvalue weighted by atomic mass is 10.2. The molecule has 0 fully saturated rings. The van der Waals surface area contributed by atoms with Crippen LogP contribution in [0.3, 0.4) is 0 Å². The highest BCUT2D eigenvalue weighted by atomic mass is 32.2. The van der Waals surface area contributed by atoms with E-state index in [4.69, 9.17) is 0 Å². The molecule has 0 aliphatic heterocycles. The van der Waals surface area contributed by atoms with Gasteiger partial charge in [0.25, 0.3) is 0 Å². The van der Waals surface area contributed by atoms with Crippen LogP contribution in [0.25, 0.3) is 17.0 Å². The molecule has 0 bridgehead atoms. The molecule has 134 valence electrons. The van der Waals surface area contributed by atoms with Crippen molar-refractivity contribution in [2.24, 2.45) is 0 Å². The summed E-state index contributed by atoms with van der Waals surface area (Å²) >= 11 is 1.31. The van der Waals surface area contributed by atoms with Crippen molar-refractivity contribution < 1.29 is 9.18 Å². The highest BCUT2D eigenvalue weighted by Gasteiger charge is 2.11. The smallest absolute Gasteiger partial charge is 0.234 e. The predicted molar refractivity (Wildman–Crippen MR) is 102 cm³/mol. The van der Waals surface area contributed by atoms with Crippen LogP contribution in [0.2, 0.25) is 0 Å². The molecule has 1 amide bonds. The number of para-hydroxylation sites is 1. The van der Waals surface area contributed by atoms with Crippen LogP contribution in [-0.4, -0.2) is 31.5 Å². The van der Waals surface area contributed by atoms with E-state index >= 15 is 0 Å². The van der Waals surface area contributed by atoms with Crippen LogP contribution in [-0.2, 0) is 4.79 Å². The van der Waals surface area contributed by atoms with Gasteiger partial charge in [0.1, 0.15) is 10.8 Å². The number of thioether (sulfide) groups is 1. The maximum absolute atomic E-state index is 13.1. The van der Waals surface area contributed by atoms with Crippen molar-refractivity contribution in [2.45, 2.75) is 5.03 Å². The maximum atomic E-state index is 13.1. The van der Waals surface area contributed by atoms with Gasteiger partial charge in [-0.2, -0.15) is 9.61 Å². The summed E-state index contributed by atoms with van der Waals surface area (Å²) in [7, 11) is 0. The van der Waals surface area contributed by atoms with Crippen molar-refractivity contribution >= 4 is 29.0 Å². The zero-order valence-electron chi connectivity index (χ0n) is 14.0. The quantitative estimate of drug-likeness (QED) is 0.536. The number of aromatic nitrogens is 4. The third-order valence-electron chi connectivity index (χ3n) is 3.75. The van der Waals surface area contributed by atoms with E-state index in [1.807, 2.05) is 30.3 Å². The molecule has 0 saturated carbocycles. The summed E-state index contributed by atoms with van der Waals surface area (Å²) in [6, 6.07) is 18.8. The minimum atomic E-state index is -0.318. The number of halogens is 1. The zero-order chi connectivity index (χ0) is 18.6. The molecule has 0 unspecified atom stereocenters. The average molecular weight is 379 g/mol. The Morgan fingerprint density at radius 3 is 2.56 bits per heavy atom. The number of hydrogen-bond acceptors (Lipinski definition) is 5. The summed E-state index contributed by atoms with van der Waals surface area (Å²) in [5.41, 5.74) is 2.04. The molecule has 0 atom stereocenters. The van der Waals surface area contributed by atoms with E-state index in [0.717, 1.165) is 5.69 Å². The third kappa shape index (κ3) is 3.95. The summed E-state index contributed by atoms with van der Waals surface area (Å²) in [4.78, 5) is 12.1. The van der Waals surface area contributed by atoms with Gasteiger partial charge in [-0.25, -0.2) is 4.39 Å². The molecule has 2 aromatic carbocycles. The summed E-state index contributed by atoms with van der Waals surface area (Å²) in [5, 5.41) is 16.2. The maximum Gasteiger partial charge on any atom is 0.234 e. The van der Waals surface area contributed by atoms with Gasteiger partial charge in [0.15, 0.2) is 11.5 Å². The Kier molecular flexibility index (Phi) is 4.80. The fourth-order valence-corrected chi connectivity index (χ4v) is 3.14. The fraction of sp³-hybridized carbons (Fsp3) is 0.0526. The van der Waals surface area contributed by atoms with Gasteiger partial charge < -0.3 is 5.32 Å². The molecule has 0 spiro atoms. The lowest BCUT2D eigenvalue weighted by Crippen LogP contribution is -2.14. The van der Waals surface area contributed by atoms with Crippen molar-refractivity contribution in [1.29, 1.82) is 0 Å². The highest BCUT2D eigenvalue weighted by Crippen LogP contribution is 2.21. The van der Waals surface area contributed by atoms with Crippen molar-refractivity contribution in [3.8, 4) is 11.4 Å². The van der Waals surface area contributed by atoms with Gasteiger partial charge in [-0.3, -0.25) is 4.79 Å². The molecule has 6 nitrogen and oxygen atoms in total. The van der Waals surface area contributed by atoms with E-state index < -0.39 is 0 Å². The number of nitrogens with zero attached hydrogens (tertiary/aromatic N) is 4. The van der Waals surface area contributed by atoms with E-state index in [0.29, 0.717) is 22.1 Å². The molecule has 0 saturated heterocycles. The Hall–Kier alpha value is -3.26. The van der Waals surface area contributed by atoms with E-state index in [-0.39, 0.29) is 17.5 Å². The van der Waals surface area contributed by atoms with Crippen LogP contribution in [0.4, 0.5) is 10.1 Å². The minimum Gasteiger partial charge on any atom is -0.325 e. The third-order valence-corrected chi connectivity index (χ3v) is 4.67. The molecule has 0 aliphatic rings. The Labute approximate surface area is 158 Å². The number of anilines is 1. The lowest BCUT2D eigenvalue weighted by Gasteiger charge is -2.05. The number of carbonyl (C=O) groups excluding carboxylic acids is 1. The SMILES string of the molecule is O=C(CSc1ccc2nnc(-c3ccc(F)cc3)n2n1)Nc1ccccc1. The van der Waals surface area contributed by atoms with E-state index in [1.165, 1.54) is 23.9 Å². The van der Waals surface area contributed by atoms with E-state index in [9.17, 15) is 9.18 Å². The van der Waals surface area contributed by atoms with Gasteiger partial charge >= 0.3 is 0 Å². The van der Waals surface area contributed by atoms with Crippen LogP contribution >= 0.6 is 11.8 Å². The summed E-state index contributed by atoms with van der Waals surface area (Å²) in [6.45, 7) is 0. The molecule has 2 aromatic heterocycles. The lowest BCUT2D eigenvalue weighted by molar-refractivity contribution is -0.113. The van der Waals surface area contributed by atoms with Gasteiger partial charge in [-0.1, -0.05) is 30.0 Å². The second kappa shape index (κ2) is 7.55. The number of hydrogen-bond donors (Lipinski definition) is 1. The summed E-state index contributed by atoms with van der Waals surface area (Å²) in [6.07, 6.45) is 0. The number of fused-ring (bicyclic) bond motifs is 1. The molecule has 27 heavy (non-hydrogen) atoms. The molecule has 2 heterocycles. The fourth-order valence-electron chi connectivity index (χ4n) is 2.49. The Morgan fingerprint density at radius 2 is 1.78 bits per heavy atom. The number of rotatable bonds is 5. The average Bonchev–Trinajstić information content (AvgIpc) is 3.11. The van der Waals surface area contributed by atoms with Crippen LogP contribution in [0.15, 0.2) is 71.8 Å². The number of benzene rings is 2. The van der Waals surface area contributed by atoms with Crippen molar-refractivity contribution in [2.75, 3.05) is 11.1 Å².